The Morgan fingerprint density at radius 3 is 2.67 bits per heavy atom. The van der Waals surface area contributed by atoms with Crippen molar-refractivity contribution in [2.45, 2.75) is 18.9 Å². The number of hydrogen-bond donors (Lipinski definition) is 0. The number of likely N-dealkylation sites (N-methyl/N-ethyl adjacent to an activating group) is 1. The minimum absolute atomic E-state index is 0.198. The number of urea groups is 1. The maximum atomic E-state index is 12.3. The van der Waals surface area contributed by atoms with Crippen LogP contribution < -0.4 is 4.90 Å². The van der Waals surface area contributed by atoms with Crippen molar-refractivity contribution in [3.05, 3.63) is 30.3 Å². The van der Waals surface area contributed by atoms with Gasteiger partial charge in [-0.05, 0) is 25.0 Å². The highest BCUT2D eigenvalue weighted by Gasteiger charge is 2.47. The average Bonchev–Trinajstić information content (AvgIpc) is 3.07. The Balaban J connectivity index is 1.71. The number of imide groups is 1. The summed E-state index contributed by atoms with van der Waals surface area (Å²) in [5.74, 6) is -0.517. The summed E-state index contributed by atoms with van der Waals surface area (Å²) in [4.78, 5) is 40.7. The van der Waals surface area contributed by atoms with Crippen LogP contribution in [-0.2, 0) is 9.59 Å². The van der Waals surface area contributed by atoms with Gasteiger partial charge in [0.15, 0.2) is 0 Å². The quantitative estimate of drug-likeness (QED) is 0.781. The number of nitrogens with zero attached hydrogens (tertiary/aromatic N) is 3. The highest BCUT2D eigenvalue weighted by Crippen LogP contribution is 2.27. The van der Waals surface area contributed by atoms with Gasteiger partial charge in [-0.25, -0.2) is 4.79 Å². The Morgan fingerprint density at radius 2 is 2.00 bits per heavy atom. The van der Waals surface area contributed by atoms with E-state index >= 15 is 0 Å². The molecule has 0 bridgehead atoms. The van der Waals surface area contributed by atoms with E-state index in [0.29, 0.717) is 13.0 Å². The summed E-state index contributed by atoms with van der Waals surface area (Å²) in [6, 6.07) is 8.46. The molecule has 2 saturated heterocycles. The second kappa shape index (κ2) is 5.20. The number of para-hydroxylation sites is 1. The molecule has 2 aliphatic rings. The predicted octanol–water partition coefficient (Wildman–Crippen LogP) is 1.08. The molecule has 1 atom stereocenters. The van der Waals surface area contributed by atoms with Gasteiger partial charge in [0.05, 0.1) is 0 Å². The van der Waals surface area contributed by atoms with E-state index < -0.39 is 0 Å². The van der Waals surface area contributed by atoms with E-state index in [1.54, 1.807) is 11.9 Å². The molecule has 0 aromatic heterocycles. The molecule has 0 aliphatic carbocycles. The summed E-state index contributed by atoms with van der Waals surface area (Å²) >= 11 is 0. The average molecular weight is 287 g/mol. The van der Waals surface area contributed by atoms with Crippen molar-refractivity contribution in [2.75, 3.05) is 25.0 Å². The fraction of sp³-hybridized carbons (Fsp3) is 0.400. The minimum Gasteiger partial charge on any atom is -0.314 e. The van der Waals surface area contributed by atoms with Crippen LogP contribution in [0.25, 0.3) is 0 Å². The summed E-state index contributed by atoms with van der Waals surface area (Å²) in [7, 11) is 1.64. The second-order valence-corrected chi connectivity index (χ2v) is 5.35. The van der Waals surface area contributed by atoms with E-state index in [1.165, 1.54) is 4.90 Å². The largest absolute Gasteiger partial charge is 0.327 e. The molecule has 110 valence electrons. The van der Waals surface area contributed by atoms with Gasteiger partial charge in [0.25, 0.3) is 5.91 Å². The molecule has 1 aromatic rings. The van der Waals surface area contributed by atoms with E-state index in [2.05, 4.69) is 0 Å². The van der Waals surface area contributed by atoms with Crippen LogP contribution >= 0.6 is 0 Å². The SMILES string of the molecule is CN(C(=O)CN1C(=O)[C@@H]2CCCN2C1=O)c1ccccc1. The molecule has 0 unspecified atom stereocenters. The molecule has 2 heterocycles. The van der Waals surface area contributed by atoms with E-state index in [1.807, 2.05) is 30.3 Å². The van der Waals surface area contributed by atoms with Crippen LogP contribution in [0, 0.1) is 0 Å². The summed E-state index contributed by atoms with van der Waals surface area (Å²) < 4.78 is 0. The van der Waals surface area contributed by atoms with Gasteiger partial charge in [-0.2, -0.15) is 0 Å². The van der Waals surface area contributed by atoms with Crippen LogP contribution in [0.1, 0.15) is 12.8 Å². The lowest BCUT2D eigenvalue weighted by atomic mass is 10.2. The van der Waals surface area contributed by atoms with Crippen molar-refractivity contribution in [3.8, 4) is 0 Å². The maximum absolute atomic E-state index is 12.3. The molecule has 2 aliphatic heterocycles. The summed E-state index contributed by atoms with van der Waals surface area (Å²) in [5, 5.41) is 0. The molecule has 2 fully saturated rings. The Hall–Kier alpha value is -2.37. The van der Waals surface area contributed by atoms with Gasteiger partial charge in [-0.1, -0.05) is 18.2 Å². The van der Waals surface area contributed by atoms with Crippen molar-refractivity contribution in [2.24, 2.45) is 0 Å². The van der Waals surface area contributed by atoms with E-state index in [4.69, 9.17) is 0 Å². The summed E-state index contributed by atoms with van der Waals surface area (Å²) in [5.41, 5.74) is 0.738. The molecule has 6 heteroatoms. The number of carbonyl (C=O) groups is 3. The van der Waals surface area contributed by atoms with Crippen molar-refractivity contribution in [1.29, 1.82) is 0 Å². The van der Waals surface area contributed by atoms with Crippen molar-refractivity contribution < 1.29 is 14.4 Å². The summed E-state index contributed by atoms with van der Waals surface area (Å²) in [6.45, 7) is 0.407. The Labute approximate surface area is 122 Å². The van der Waals surface area contributed by atoms with Gasteiger partial charge in [0.2, 0.25) is 5.91 Å². The highest BCUT2D eigenvalue weighted by atomic mass is 16.2. The minimum atomic E-state index is -0.354. The smallest absolute Gasteiger partial charge is 0.314 e. The first-order valence-corrected chi connectivity index (χ1v) is 7.03. The first-order chi connectivity index (χ1) is 10.1. The fourth-order valence-corrected chi connectivity index (χ4v) is 2.86. The van der Waals surface area contributed by atoms with E-state index in [-0.39, 0.29) is 30.4 Å². The molecule has 0 radical (unpaired) electrons. The Kier molecular flexibility index (Phi) is 3.37. The lowest BCUT2D eigenvalue weighted by Gasteiger charge is -2.21. The van der Waals surface area contributed by atoms with Gasteiger partial charge in [0.1, 0.15) is 12.6 Å². The lowest BCUT2D eigenvalue weighted by molar-refractivity contribution is -0.131. The highest BCUT2D eigenvalue weighted by molar-refractivity contribution is 6.08. The first kappa shape index (κ1) is 13.6. The van der Waals surface area contributed by atoms with Crippen LogP contribution in [0.5, 0.6) is 0 Å². The standard InChI is InChI=1S/C15H17N3O3/c1-16(11-6-3-2-4-7-11)13(19)10-18-14(20)12-8-5-9-17(12)15(18)21/h2-4,6-7,12H,5,8-10H2,1H3/t12-/m0/s1. The van der Waals surface area contributed by atoms with Crippen LogP contribution in [0.3, 0.4) is 0 Å². The van der Waals surface area contributed by atoms with E-state index in [0.717, 1.165) is 17.0 Å². The molecule has 1 aromatic carbocycles. The molecular formula is C15H17N3O3. The van der Waals surface area contributed by atoms with Gasteiger partial charge < -0.3 is 9.80 Å². The van der Waals surface area contributed by atoms with Crippen molar-refractivity contribution in [3.63, 3.8) is 0 Å². The van der Waals surface area contributed by atoms with Crippen LogP contribution in [0.4, 0.5) is 10.5 Å². The third-order valence-electron chi connectivity index (χ3n) is 4.09. The zero-order valence-corrected chi connectivity index (χ0v) is 11.9. The van der Waals surface area contributed by atoms with Gasteiger partial charge >= 0.3 is 6.03 Å². The van der Waals surface area contributed by atoms with Gasteiger partial charge in [-0.3, -0.25) is 14.5 Å². The van der Waals surface area contributed by atoms with Crippen LogP contribution in [0.15, 0.2) is 30.3 Å². The number of benzene rings is 1. The number of hydrogen-bond acceptors (Lipinski definition) is 3. The number of anilines is 1. The molecule has 21 heavy (non-hydrogen) atoms. The Bertz CT molecular complexity index is 565. The van der Waals surface area contributed by atoms with Gasteiger partial charge in [0, 0.05) is 19.3 Å². The number of fused-ring (bicyclic) bond motifs is 1. The van der Waals surface area contributed by atoms with Crippen LogP contribution in [-0.4, -0.2) is 53.8 Å². The van der Waals surface area contributed by atoms with Crippen molar-refractivity contribution in [1.82, 2.24) is 9.80 Å². The zero-order valence-electron chi connectivity index (χ0n) is 11.9. The predicted molar refractivity (Wildman–Crippen MR) is 76.7 cm³/mol. The molecular weight excluding hydrogens is 270 g/mol. The molecule has 0 saturated carbocycles. The lowest BCUT2D eigenvalue weighted by Crippen LogP contribution is -2.42. The van der Waals surface area contributed by atoms with Gasteiger partial charge in [-0.15, -0.1) is 0 Å². The third kappa shape index (κ3) is 2.26. The maximum Gasteiger partial charge on any atom is 0.327 e. The zero-order chi connectivity index (χ0) is 15.0. The Morgan fingerprint density at radius 1 is 1.29 bits per heavy atom. The molecule has 4 amide bonds. The third-order valence-corrected chi connectivity index (χ3v) is 4.09. The second-order valence-electron chi connectivity index (χ2n) is 5.35. The van der Waals surface area contributed by atoms with Crippen LogP contribution in [0.2, 0.25) is 0 Å². The molecule has 0 N–H and O–H groups in total. The fourth-order valence-electron chi connectivity index (χ4n) is 2.86. The monoisotopic (exact) mass is 287 g/mol. The number of amides is 4. The first-order valence-electron chi connectivity index (χ1n) is 7.03. The topological polar surface area (TPSA) is 60.9 Å². The normalized spacial score (nSPS) is 20.9. The number of rotatable bonds is 3. The van der Waals surface area contributed by atoms with E-state index in [9.17, 15) is 14.4 Å². The molecule has 6 nitrogen and oxygen atoms in total. The van der Waals surface area contributed by atoms with Crippen molar-refractivity contribution >= 4 is 23.5 Å². The molecule has 3 rings (SSSR count). The number of carbonyl (C=O) groups excluding carboxylic acids is 3. The summed E-state index contributed by atoms with van der Waals surface area (Å²) in [6.07, 6.45) is 1.55. The molecule has 0 spiro atoms.